The molecule has 0 radical (unpaired) electrons. The molecule has 0 atom stereocenters. The smallest absolute Gasteiger partial charge is 0.252 e. The number of nitrogens with zero attached hydrogens (tertiary/aromatic N) is 3. The van der Waals surface area contributed by atoms with E-state index in [2.05, 4.69) is 21.9 Å². The minimum Gasteiger partial charge on any atom is -0.322 e. The van der Waals surface area contributed by atoms with Gasteiger partial charge in [0.05, 0.1) is 12.1 Å². The normalized spacial score (nSPS) is 11.4. The maximum atomic E-state index is 13.2. The Morgan fingerprint density at radius 3 is 2.96 bits per heavy atom. The van der Waals surface area contributed by atoms with Gasteiger partial charge in [-0.3, -0.25) is 14.4 Å². The van der Waals surface area contributed by atoms with Gasteiger partial charge in [-0.15, -0.1) is 0 Å². The van der Waals surface area contributed by atoms with E-state index >= 15 is 0 Å². The maximum absolute atomic E-state index is 13.2. The molecule has 120 valence electrons. The second kappa shape index (κ2) is 6.75. The van der Waals surface area contributed by atoms with Crippen LogP contribution in [-0.4, -0.2) is 32.8 Å². The van der Waals surface area contributed by atoms with Crippen molar-refractivity contribution in [2.24, 2.45) is 0 Å². The van der Waals surface area contributed by atoms with Crippen LogP contribution in [0.1, 0.15) is 12.5 Å². The molecule has 0 aliphatic rings. The summed E-state index contributed by atoms with van der Waals surface area (Å²) in [5, 5.41) is 5.02. The summed E-state index contributed by atoms with van der Waals surface area (Å²) in [5.74, 6) is -0.352. The standard InChI is InChI=1S/C17H19FN4O/c1-2-21(8-9-22-7-3-6-19-22)12-14-10-13-4-5-15(18)11-16(13)20-17(14)23/h3-7,10-11H,2,8-9,12H2,1H3,(H,20,23). The molecule has 6 heteroatoms. The van der Waals surface area contributed by atoms with Crippen molar-refractivity contribution in [2.45, 2.75) is 20.0 Å². The number of pyridine rings is 1. The Labute approximate surface area is 133 Å². The molecule has 3 aromatic rings. The van der Waals surface area contributed by atoms with Gasteiger partial charge in [-0.2, -0.15) is 5.10 Å². The third kappa shape index (κ3) is 3.65. The van der Waals surface area contributed by atoms with Crippen molar-refractivity contribution in [2.75, 3.05) is 13.1 Å². The Bertz CT molecular complexity index is 841. The average Bonchev–Trinajstić information content (AvgIpc) is 3.05. The highest BCUT2D eigenvalue weighted by atomic mass is 19.1. The van der Waals surface area contributed by atoms with E-state index in [0.717, 1.165) is 25.0 Å². The first-order chi connectivity index (χ1) is 11.2. The average molecular weight is 314 g/mol. The van der Waals surface area contributed by atoms with Crippen molar-refractivity contribution in [3.8, 4) is 0 Å². The topological polar surface area (TPSA) is 53.9 Å². The Kier molecular flexibility index (Phi) is 4.52. The predicted octanol–water partition coefficient (Wildman–Crippen LogP) is 2.39. The number of hydrogen-bond donors (Lipinski definition) is 1. The first-order valence-corrected chi connectivity index (χ1v) is 7.67. The van der Waals surface area contributed by atoms with E-state index in [1.54, 1.807) is 12.3 Å². The predicted molar refractivity (Wildman–Crippen MR) is 87.7 cm³/mol. The van der Waals surface area contributed by atoms with Crippen LogP contribution in [0.5, 0.6) is 0 Å². The van der Waals surface area contributed by atoms with Crippen LogP contribution >= 0.6 is 0 Å². The first kappa shape index (κ1) is 15.4. The molecule has 0 fully saturated rings. The largest absolute Gasteiger partial charge is 0.322 e. The molecular weight excluding hydrogens is 295 g/mol. The zero-order valence-electron chi connectivity index (χ0n) is 13.0. The fourth-order valence-corrected chi connectivity index (χ4v) is 2.60. The van der Waals surface area contributed by atoms with E-state index in [4.69, 9.17) is 0 Å². The molecule has 2 aromatic heterocycles. The number of likely N-dealkylation sites (N-methyl/N-ethyl adjacent to an activating group) is 1. The first-order valence-electron chi connectivity index (χ1n) is 7.67. The number of aromatic nitrogens is 3. The van der Waals surface area contributed by atoms with Crippen molar-refractivity contribution in [3.05, 3.63) is 64.5 Å². The third-order valence-electron chi connectivity index (χ3n) is 3.93. The van der Waals surface area contributed by atoms with E-state index in [-0.39, 0.29) is 11.4 Å². The van der Waals surface area contributed by atoms with Crippen LogP contribution in [0, 0.1) is 5.82 Å². The van der Waals surface area contributed by atoms with Gasteiger partial charge in [0.15, 0.2) is 0 Å². The fourth-order valence-electron chi connectivity index (χ4n) is 2.60. The van der Waals surface area contributed by atoms with Gasteiger partial charge in [0, 0.05) is 31.0 Å². The second-order valence-corrected chi connectivity index (χ2v) is 5.49. The molecule has 0 spiro atoms. The number of rotatable bonds is 6. The van der Waals surface area contributed by atoms with Gasteiger partial charge >= 0.3 is 0 Å². The van der Waals surface area contributed by atoms with Crippen molar-refractivity contribution in [3.63, 3.8) is 0 Å². The summed E-state index contributed by atoms with van der Waals surface area (Å²) in [7, 11) is 0. The third-order valence-corrected chi connectivity index (χ3v) is 3.93. The van der Waals surface area contributed by atoms with Crippen LogP contribution in [-0.2, 0) is 13.1 Å². The van der Waals surface area contributed by atoms with Crippen LogP contribution in [0.2, 0.25) is 0 Å². The molecule has 0 aliphatic heterocycles. The summed E-state index contributed by atoms with van der Waals surface area (Å²) < 4.78 is 15.1. The minimum atomic E-state index is -0.352. The molecule has 0 saturated heterocycles. The van der Waals surface area contributed by atoms with Crippen molar-refractivity contribution < 1.29 is 4.39 Å². The zero-order valence-corrected chi connectivity index (χ0v) is 13.0. The SMILES string of the molecule is CCN(CCn1cccn1)Cc1cc2ccc(F)cc2[nH]c1=O. The van der Waals surface area contributed by atoms with Crippen LogP contribution in [0.3, 0.4) is 0 Å². The van der Waals surface area contributed by atoms with Gasteiger partial charge in [-0.05, 0) is 42.3 Å². The van der Waals surface area contributed by atoms with Gasteiger partial charge < -0.3 is 4.98 Å². The Morgan fingerprint density at radius 1 is 1.35 bits per heavy atom. The zero-order chi connectivity index (χ0) is 16.2. The Balaban J connectivity index is 1.77. The van der Waals surface area contributed by atoms with Crippen LogP contribution < -0.4 is 5.56 Å². The van der Waals surface area contributed by atoms with Crippen LogP contribution in [0.25, 0.3) is 10.9 Å². The summed E-state index contributed by atoms with van der Waals surface area (Å²) in [6, 6.07) is 8.16. The lowest BCUT2D eigenvalue weighted by Crippen LogP contribution is -2.30. The van der Waals surface area contributed by atoms with E-state index in [0.29, 0.717) is 17.6 Å². The molecule has 3 rings (SSSR count). The fraction of sp³-hybridized carbons (Fsp3) is 0.294. The van der Waals surface area contributed by atoms with E-state index in [9.17, 15) is 9.18 Å². The molecule has 2 heterocycles. The number of H-pyrrole nitrogens is 1. The van der Waals surface area contributed by atoms with E-state index in [1.165, 1.54) is 12.1 Å². The number of benzene rings is 1. The van der Waals surface area contributed by atoms with Gasteiger partial charge in [0.1, 0.15) is 5.82 Å². The van der Waals surface area contributed by atoms with E-state index < -0.39 is 0 Å². The highest BCUT2D eigenvalue weighted by Crippen LogP contribution is 2.13. The van der Waals surface area contributed by atoms with Gasteiger partial charge in [0.2, 0.25) is 0 Å². The summed E-state index contributed by atoms with van der Waals surface area (Å²) in [6.45, 7) is 5.03. The molecule has 1 aromatic carbocycles. The summed E-state index contributed by atoms with van der Waals surface area (Å²) in [5.41, 5.74) is 1.05. The summed E-state index contributed by atoms with van der Waals surface area (Å²) >= 11 is 0. The molecular formula is C17H19FN4O. The lowest BCUT2D eigenvalue weighted by Gasteiger charge is -2.20. The maximum Gasteiger partial charge on any atom is 0.252 e. The monoisotopic (exact) mass is 314 g/mol. The highest BCUT2D eigenvalue weighted by molar-refractivity contribution is 5.78. The molecule has 23 heavy (non-hydrogen) atoms. The van der Waals surface area contributed by atoms with Gasteiger partial charge in [-0.1, -0.05) is 6.92 Å². The molecule has 0 amide bonds. The number of fused-ring (bicyclic) bond motifs is 1. The summed E-state index contributed by atoms with van der Waals surface area (Å²) in [6.07, 6.45) is 3.68. The van der Waals surface area contributed by atoms with Crippen molar-refractivity contribution in [1.82, 2.24) is 19.7 Å². The van der Waals surface area contributed by atoms with E-state index in [1.807, 2.05) is 23.0 Å². The van der Waals surface area contributed by atoms with Crippen LogP contribution in [0.15, 0.2) is 47.5 Å². The number of halogens is 1. The molecule has 1 N–H and O–H groups in total. The van der Waals surface area contributed by atoms with Crippen LogP contribution in [0.4, 0.5) is 4.39 Å². The number of nitrogens with one attached hydrogen (secondary N) is 1. The van der Waals surface area contributed by atoms with Gasteiger partial charge in [-0.25, -0.2) is 4.39 Å². The van der Waals surface area contributed by atoms with Crippen molar-refractivity contribution >= 4 is 10.9 Å². The molecule has 5 nitrogen and oxygen atoms in total. The Morgan fingerprint density at radius 2 is 2.22 bits per heavy atom. The minimum absolute atomic E-state index is 0.166. The molecule has 0 unspecified atom stereocenters. The summed E-state index contributed by atoms with van der Waals surface area (Å²) in [4.78, 5) is 17.1. The quantitative estimate of drug-likeness (QED) is 0.760. The number of aromatic amines is 1. The molecule has 0 aliphatic carbocycles. The Hall–Kier alpha value is -2.47. The number of hydrogen-bond acceptors (Lipinski definition) is 3. The van der Waals surface area contributed by atoms with Gasteiger partial charge in [0.25, 0.3) is 5.56 Å². The highest BCUT2D eigenvalue weighted by Gasteiger charge is 2.09. The second-order valence-electron chi connectivity index (χ2n) is 5.49. The lowest BCUT2D eigenvalue weighted by atomic mass is 10.1. The lowest BCUT2D eigenvalue weighted by molar-refractivity contribution is 0.262. The molecule has 0 saturated carbocycles. The molecule has 0 bridgehead atoms. The van der Waals surface area contributed by atoms with Crippen molar-refractivity contribution in [1.29, 1.82) is 0 Å².